The van der Waals surface area contributed by atoms with E-state index in [2.05, 4.69) is 15.1 Å². The number of furan rings is 1. The van der Waals surface area contributed by atoms with E-state index in [9.17, 15) is 0 Å². The molecule has 0 bridgehead atoms. The van der Waals surface area contributed by atoms with Crippen molar-refractivity contribution >= 4 is 34.6 Å². The third kappa shape index (κ3) is 6.23. The van der Waals surface area contributed by atoms with Crippen molar-refractivity contribution in [2.45, 2.75) is 45.6 Å². The zero-order chi connectivity index (χ0) is 19.8. The molecule has 1 aliphatic rings. The van der Waals surface area contributed by atoms with Crippen LogP contribution < -0.4 is 5.32 Å². The molecule has 0 atom stereocenters. The summed E-state index contributed by atoms with van der Waals surface area (Å²) < 4.78 is 5.56. The number of likely N-dealkylation sites (tertiary alicyclic amines) is 1. The average molecular weight is 420 g/mol. The number of hydrogen-bond donors (Lipinski definition) is 1. The highest BCUT2D eigenvalue weighted by Gasteiger charge is 2.15. The van der Waals surface area contributed by atoms with E-state index >= 15 is 0 Å². The van der Waals surface area contributed by atoms with Crippen LogP contribution in [0, 0.1) is 6.92 Å². The Bertz CT molecular complexity index is 742. The van der Waals surface area contributed by atoms with Crippen LogP contribution in [-0.4, -0.2) is 41.1 Å². The van der Waals surface area contributed by atoms with Crippen molar-refractivity contribution in [2.24, 2.45) is 0 Å². The molecule has 4 nitrogen and oxygen atoms in total. The minimum Gasteiger partial charge on any atom is -0.467 e. The quantitative estimate of drug-likeness (QED) is 0.581. The maximum atomic E-state index is 6.26. The van der Waals surface area contributed by atoms with Gasteiger partial charge in [-0.3, -0.25) is 0 Å². The van der Waals surface area contributed by atoms with Crippen molar-refractivity contribution in [3.8, 4) is 0 Å². The summed E-state index contributed by atoms with van der Waals surface area (Å²) in [6.45, 7) is 7.13. The Labute approximate surface area is 178 Å². The predicted molar refractivity (Wildman–Crippen MR) is 121 cm³/mol. The van der Waals surface area contributed by atoms with E-state index in [0.29, 0.717) is 11.7 Å². The predicted octanol–water partition coefficient (Wildman–Crippen LogP) is 5.71. The number of benzene rings is 1. The maximum Gasteiger partial charge on any atom is 0.173 e. The lowest BCUT2D eigenvalue weighted by Crippen LogP contribution is -2.37. The zero-order valence-electron chi connectivity index (χ0n) is 16.6. The van der Waals surface area contributed by atoms with Crippen LogP contribution in [0.5, 0.6) is 0 Å². The van der Waals surface area contributed by atoms with Gasteiger partial charge in [-0.05, 0) is 87.9 Å². The number of hydrogen-bond acceptors (Lipinski definition) is 3. The summed E-state index contributed by atoms with van der Waals surface area (Å²) >= 11 is 12.0. The Morgan fingerprint density at radius 2 is 1.96 bits per heavy atom. The molecule has 0 unspecified atom stereocenters. The largest absolute Gasteiger partial charge is 0.467 e. The van der Waals surface area contributed by atoms with Gasteiger partial charge in [-0.15, -0.1) is 0 Å². The molecule has 152 valence electrons. The summed E-state index contributed by atoms with van der Waals surface area (Å²) in [4.78, 5) is 4.78. The lowest BCUT2D eigenvalue weighted by Gasteiger charge is -2.27. The van der Waals surface area contributed by atoms with Gasteiger partial charge in [0.1, 0.15) is 5.76 Å². The van der Waals surface area contributed by atoms with Gasteiger partial charge in [0.2, 0.25) is 0 Å². The molecule has 1 aliphatic heterocycles. The minimum atomic E-state index is 0.665. The molecular weight excluding hydrogens is 390 g/mol. The van der Waals surface area contributed by atoms with E-state index in [1.54, 1.807) is 6.26 Å². The van der Waals surface area contributed by atoms with Gasteiger partial charge in [0.05, 0.1) is 12.8 Å². The van der Waals surface area contributed by atoms with Crippen molar-refractivity contribution in [3.05, 3.63) is 52.9 Å². The van der Waals surface area contributed by atoms with Gasteiger partial charge in [-0.1, -0.05) is 30.5 Å². The lowest BCUT2D eigenvalue weighted by atomic mass is 10.2. The topological polar surface area (TPSA) is 31.6 Å². The fourth-order valence-corrected chi connectivity index (χ4v) is 4.07. The lowest BCUT2D eigenvalue weighted by molar-refractivity contribution is 0.262. The van der Waals surface area contributed by atoms with E-state index in [0.717, 1.165) is 41.5 Å². The number of nitrogens with zero attached hydrogens (tertiary/aromatic N) is 2. The van der Waals surface area contributed by atoms with Gasteiger partial charge < -0.3 is 19.5 Å². The molecule has 2 aromatic rings. The Morgan fingerprint density at radius 1 is 1.18 bits per heavy atom. The van der Waals surface area contributed by atoms with Crippen LogP contribution in [0.4, 0.5) is 5.69 Å². The zero-order valence-corrected chi connectivity index (χ0v) is 18.2. The molecule has 1 saturated heterocycles. The van der Waals surface area contributed by atoms with Crippen LogP contribution >= 0.6 is 23.8 Å². The highest BCUT2D eigenvalue weighted by molar-refractivity contribution is 7.80. The smallest absolute Gasteiger partial charge is 0.173 e. The Morgan fingerprint density at radius 3 is 2.68 bits per heavy atom. The monoisotopic (exact) mass is 419 g/mol. The van der Waals surface area contributed by atoms with Gasteiger partial charge in [0, 0.05) is 17.3 Å². The van der Waals surface area contributed by atoms with Crippen molar-refractivity contribution in [2.75, 3.05) is 31.5 Å². The second-order valence-corrected chi connectivity index (χ2v) is 8.25. The van der Waals surface area contributed by atoms with Gasteiger partial charge in [0.15, 0.2) is 5.11 Å². The van der Waals surface area contributed by atoms with Crippen LogP contribution in [0.3, 0.4) is 0 Å². The molecule has 0 aliphatic carbocycles. The van der Waals surface area contributed by atoms with Crippen LogP contribution in [-0.2, 0) is 6.54 Å². The van der Waals surface area contributed by atoms with E-state index in [1.807, 2.05) is 37.3 Å². The first-order chi connectivity index (χ1) is 13.6. The highest BCUT2D eigenvalue weighted by atomic mass is 35.5. The van der Waals surface area contributed by atoms with Crippen molar-refractivity contribution in [1.82, 2.24) is 9.80 Å². The van der Waals surface area contributed by atoms with Crippen molar-refractivity contribution in [3.63, 3.8) is 0 Å². The average Bonchev–Trinajstić information content (AvgIpc) is 3.06. The molecule has 1 N–H and O–H groups in total. The second kappa shape index (κ2) is 10.8. The third-order valence-corrected chi connectivity index (χ3v) is 6.09. The first kappa shape index (κ1) is 21.2. The van der Waals surface area contributed by atoms with Gasteiger partial charge in [-0.2, -0.15) is 0 Å². The maximum absolute atomic E-state index is 6.26. The summed E-state index contributed by atoms with van der Waals surface area (Å²) in [7, 11) is 0. The third-order valence-electron chi connectivity index (χ3n) is 5.32. The first-order valence-corrected chi connectivity index (χ1v) is 11.0. The molecule has 1 aromatic heterocycles. The number of rotatable bonds is 7. The van der Waals surface area contributed by atoms with Crippen LogP contribution in [0.2, 0.25) is 5.02 Å². The van der Waals surface area contributed by atoms with E-state index in [4.69, 9.17) is 28.2 Å². The van der Waals surface area contributed by atoms with Gasteiger partial charge >= 0.3 is 0 Å². The molecule has 0 spiro atoms. The van der Waals surface area contributed by atoms with E-state index in [1.165, 1.54) is 38.8 Å². The summed E-state index contributed by atoms with van der Waals surface area (Å²) in [5.41, 5.74) is 1.96. The Kier molecular flexibility index (Phi) is 8.19. The summed E-state index contributed by atoms with van der Waals surface area (Å²) in [5, 5.41) is 4.83. The van der Waals surface area contributed by atoms with Gasteiger partial charge in [0.25, 0.3) is 0 Å². The van der Waals surface area contributed by atoms with E-state index < -0.39 is 0 Å². The fourth-order valence-electron chi connectivity index (χ4n) is 3.63. The fraction of sp³-hybridized carbons (Fsp3) is 0.500. The summed E-state index contributed by atoms with van der Waals surface area (Å²) in [6, 6.07) is 9.76. The number of nitrogens with one attached hydrogen (secondary N) is 1. The van der Waals surface area contributed by atoms with Crippen LogP contribution in [0.15, 0.2) is 41.0 Å². The molecule has 3 rings (SSSR count). The molecule has 0 radical (unpaired) electrons. The normalized spacial score (nSPS) is 15.2. The van der Waals surface area contributed by atoms with Crippen molar-refractivity contribution in [1.29, 1.82) is 0 Å². The minimum absolute atomic E-state index is 0.665. The van der Waals surface area contributed by atoms with Crippen LogP contribution in [0.1, 0.15) is 43.4 Å². The molecular formula is C22H30ClN3OS. The molecule has 6 heteroatoms. The molecule has 2 heterocycles. The standard InChI is InChI=1S/C22H30ClN3OS/c1-18-20(23)10-6-11-21(18)24-22(28)26(17-19-9-7-16-27-19)15-8-14-25-12-4-2-3-5-13-25/h6-7,9-11,16H,2-5,8,12-15,17H2,1H3,(H,24,28). The molecule has 0 saturated carbocycles. The number of halogens is 1. The Hall–Kier alpha value is -1.56. The molecule has 0 amide bonds. The number of thiocarbonyl (C=S) groups is 1. The molecule has 1 aromatic carbocycles. The van der Waals surface area contributed by atoms with Crippen molar-refractivity contribution < 1.29 is 4.42 Å². The Balaban J connectivity index is 1.60. The highest BCUT2D eigenvalue weighted by Crippen LogP contribution is 2.23. The SMILES string of the molecule is Cc1c(Cl)cccc1NC(=S)N(CCCN1CCCCCC1)Cc1ccco1. The summed E-state index contributed by atoms with van der Waals surface area (Å²) in [5.74, 6) is 0.918. The second-order valence-electron chi connectivity index (χ2n) is 7.45. The van der Waals surface area contributed by atoms with E-state index in [-0.39, 0.29) is 0 Å². The summed E-state index contributed by atoms with van der Waals surface area (Å²) in [6.07, 6.45) is 8.18. The number of anilines is 1. The van der Waals surface area contributed by atoms with Gasteiger partial charge in [-0.25, -0.2) is 0 Å². The van der Waals surface area contributed by atoms with Crippen LogP contribution in [0.25, 0.3) is 0 Å². The molecule has 28 heavy (non-hydrogen) atoms. The first-order valence-electron chi connectivity index (χ1n) is 10.2. The molecule has 1 fully saturated rings.